The lowest BCUT2D eigenvalue weighted by Crippen LogP contribution is -1.25. The second-order valence-electron chi connectivity index (χ2n) is 0.183. The van der Waals surface area contributed by atoms with Gasteiger partial charge in [-0.2, -0.15) is 0 Å². The average Bonchev–Trinajstić information content (AvgIpc) is 1.75. The highest BCUT2D eigenvalue weighted by Crippen LogP contribution is 0.952. The first-order valence-corrected chi connectivity index (χ1v) is 1.30. The molecule has 0 spiro atoms. The van der Waals surface area contributed by atoms with E-state index in [0.717, 1.165) is 7.11 Å². The standard InChI is InChI=1S/2CNO.CH4O.Si/c2*2-1-3;1-2;/h;;2H,1H3;/q2*-1;;. The summed E-state index contributed by atoms with van der Waals surface area (Å²) in [5.41, 5.74) is 0. The van der Waals surface area contributed by atoms with Gasteiger partial charge in [0.2, 0.25) is 0 Å². The highest BCUT2D eigenvalue weighted by molar-refractivity contribution is 5.75. The van der Waals surface area contributed by atoms with Gasteiger partial charge in [0.15, 0.2) is 0 Å². The molecule has 0 aliphatic carbocycles. The molecule has 0 bridgehead atoms. The van der Waals surface area contributed by atoms with E-state index in [9.17, 15) is 0 Å². The SMILES string of the molecule is CO.[N-]=C=O.[N-]=C=O.[Si]. The lowest BCUT2D eigenvalue weighted by molar-refractivity contribution is 0.399. The zero-order valence-corrected chi connectivity index (χ0v) is 5.66. The Labute approximate surface area is 56.7 Å². The largest absolute Gasteiger partial charge is 0.724 e. The molecule has 0 fully saturated rings. The summed E-state index contributed by atoms with van der Waals surface area (Å²) in [5, 5.41) is 20.5. The van der Waals surface area contributed by atoms with Crippen molar-refractivity contribution in [3.8, 4) is 0 Å². The molecule has 6 heteroatoms. The van der Waals surface area contributed by atoms with Crippen LogP contribution in [0.1, 0.15) is 0 Å². The van der Waals surface area contributed by atoms with Gasteiger partial charge in [0.25, 0.3) is 0 Å². The maximum atomic E-state index is 8.24. The van der Waals surface area contributed by atoms with Gasteiger partial charge < -0.3 is 15.9 Å². The molecule has 0 aromatic rings. The lowest BCUT2D eigenvalue weighted by atomic mass is 11.7. The zero-order chi connectivity index (χ0) is 7.41. The monoisotopic (exact) mass is 144 g/mol. The first-order valence-electron chi connectivity index (χ1n) is 1.30. The summed E-state index contributed by atoms with van der Waals surface area (Å²) in [4.78, 5) is 16.5. The Hall–Kier alpha value is -1.06. The van der Waals surface area contributed by atoms with Crippen LogP contribution in [0.3, 0.4) is 0 Å². The van der Waals surface area contributed by atoms with Gasteiger partial charge in [-0.15, -0.1) is 0 Å². The van der Waals surface area contributed by atoms with Crippen molar-refractivity contribution in [1.29, 1.82) is 0 Å². The second-order valence-corrected chi connectivity index (χ2v) is 0.183. The van der Waals surface area contributed by atoms with Gasteiger partial charge in [0.1, 0.15) is 0 Å². The highest BCUT2D eigenvalue weighted by atomic mass is 28.1. The van der Waals surface area contributed by atoms with Crippen LogP contribution in [0.5, 0.6) is 0 Å². The summed E-state index contributed by atoms with van der Waals surface area (Å²) in [6, 6.07) is 0. The molecule has 0 aliphatic rings. The third kappa shape index (κ3) is 150. The maximum Gasteiger partial charge on any atom is 0.0319 e. The molecule has 0 saturated heterocycles. The number of nitrogens with zero attached hydrogens (tertiary/aromatic N) is 2. The molecule has 0 aromatic carbocycles. The molecule has 0 heterocycles. The summed E-state index contributed by atoms with van der Waals surface area (Å²) in [6.07, 6.45) is 1.00. The van der Waals surface area contributed by atoms with Crippen LogP contribution < -0.4 is 0 Å². The number of rotatable bonds is 0. The number of aliphatic hydroxyl groups is 1. The smallest absolute Gasteiger partial charge is 0.0319 e. The molecule has 0 saturated carbocycles. The van der Waals surface area contributed by atoms with E-state index in [-0.39, 0.29) is 11.0 Å². The van der Waals surface area contributed by atoms with Gasteiger partial charge in [0, 0.05) is 18.1 Å². The molecule has 5 nitrogen and oxygen atoms in total. The molecule has 0 aliphatic heterocycles. The van der Waals surface area contributed by atoms with E-state index in [2.05, 4.69) is 0 Å². The van der Waals surface area contributed by atoms with E-state index in [1.54, 1.807) is 0 Å². The summed E-state index contributed by atoms with van der Waals surface area (Å²) < 4.78 is 0. The van der Waals surface area contributed by atoms with Crippen LogP contribution in [0, 0.1) is 0 Å². The van der Waals surface area contributed by atoms with E-state index in [0.29, 0.717) is 12.2 Å². The van der Waals surface area contributed by atoms with E-state index in [1.807, 2.05) is 0 Å². The van der Waals surface area contributed by atoms with E-state index in [1.165, 1.54) is 0 Å². The Bertz CT molecular complexity index is 71.1. The molecule has 1 N–H and O–H groups in total. The Morgan fingerprint density at radius 2 is 1.11 bits per heavy atom. The predicted octanol–water partition coefficient (Wildman–Crippen LogP) is -0.989. The number of hydrogen-bond acceptors (Lipinski definition) is 3. The normalized spacial score (nSPS) is 2.44. The van der Waals surface area contributed by atoms with Gasteiger partial charge in [-0.25, -0.2) is 0 Å². The number of aliphatic hydroxyl groups excluding tert-OH is 1. The highest BCUT2D eigenvalue weighted by Gasteiger charge is 0.839. The molecule has 0 aromatic heterocycles. The quantitative estimate of drug-likeness (QED) is 0.268. The Morgan fingerprint density at radius 3 is 1.11 bits per heavy atom. The molecule has 0 atom stereocenters. The van der Waals surface area contributed by atoms with Crippen LogP contribution in [0.4, 0.5) is 0 Å². The number of carbonyl (C=O) groups excluding carboxylic acids is 2. The van der Waals surface area contributed by atoms with Gasteiger partial charge in [0.05, 0.1) is 0 Å². The minimum absolute atomic E-state index is 0. The minimum atomic E-state index is 0. The van der Waals surface area contributed by atoms with Crippen LogP contribution in [-0.4, -0.2) is 35.3 Å². The van der Waals surface area contributed by atoms with Crippen molar-refractivity contribution < 1.29 is 14.7 Å². The van der Waals surface area contributed by atoms with Crippen LogP contribution >= 0.6 is 0 Å². The Kier molecular flexibility index (Phi) is 763. The molecule has 9 heavy (non-hydrogen) atoms. The van der Waals surface area contributed by atoms with Crippen LogP contribution in [0.25, 0.3) is 10.8 Å². The molecular weight excluding hydrogens is 140 g/mol. The van der Waals surface area contributed by atoms with Crippen molar-refractivity contribution in [2.45, 2.75) is 0 Å². The van der Waals surface area contributed by atoms with Crippen LogP contribution in [0.15, 0.2) is 0 Å². The molecule has 50 valence electrons. The lowest BCUT2D eigenvalue weighted by Gasteiger charge is -1.32. The summed E-state index contributed by atoms with van der Waals surface area (Å²) in [6.45, 7) is 0. The summed E-state index contributed by atoms with van der Waals surface area (Å²) in [5.74, 6) is 0. The number of isocyanates is 2. The first kappa shape index (κ1) is 24.6. The van der Waals surface area contributed by atoms with Crippen molar-refractivity contribution in [3.63, 3.8) is 0 Å². The molecule has 0 unspecified atom stereocenters. The molecule has 0 amide bonds. The van der Waals surface area contributed by atoms with E-state index >= 15 is 0 Å². The van der Waals surface area contributed by atoms with Gasteiger partial charge in [-0.1, -0.05) is 0 Å². The van der Waals surface area contributed by atoms with Crippen molar-refractivity contribution in [2.24, 2.45) is 0 Å². The summed E-state index contributed by atoms with van der Waals surface area (Å²) >= 11 is 0. The first-order chi connectivity index (χ1) is 3.83. The van der Waals surface area contributed by atoms with Crippen molar-refractivity contribution >= 4 is 23.1 Å². The van der Waals surface area contributed by atoms with Crippen molar-refractivity contribution in [1.82, 2.24) is 0 Å². The fraction of sp³-hybridized carbons (Fsp3) is 0.333. The molecule has 0 rings (SSSR count). The third-order valence-electron chi connectivity index (χ3n) is 0. The third-order valence-corrected chi connectivity index (χ3v) is 0. The zero-order valence-electron chi connectivity index (χ0n) is 4.66. The Balaban J connectivity index is -0.0000000202. The number of hydrogen-bond donors (Lipinski definition) is 1. The maximum absolute atomic E-state index is 8.24. The fourth-order valence-electron chi connectivity index (χ4n) is 0. The second kappa shape index (κ2) is 279. The van der Waals surface area contributed by atoms with E-state index < -0.39 is 0 Å². The van der Waals surface area contributed by atoms with Crippen molar-refractivity contribution in [2.75, 3.05) is 7.11 Å². The average molecular weight is 144 g/mol. The fourth-order valence-corrected chi connectivity index (χ4v) is 0. The molecular formula is C3H4N2O3Si-2. The van der Waals surface area contributed by atoms with Crippen LogP contribution in [-0.2, 0) is 9.59 Å². The Morgan fingerprint density at radius 1 is 1.11 bits per heavy atom. The topological polar surface area (TPSA) is 99.0 Å². The summed E-state index contributed by atoms with van der Waals surface area (Å²) in [7, 11) is 1.00. The van der Waals surface area contributed by atoms with Gasteiger partial charge in [-0.05, 0) is 12.2 Å². The van der Waals surface area contributed by atoms with Crippen molar-refractivity contribution in [3.05, 3.63) is 10.8 Å². The van der Waals surface area contributed by atoms with Crippen LogP contribution in [0.2, 0.25) is 0 Å². The predicted molar refractivity (Wildman–Crippen MR) is 32.0 cm³/mol. The molecule has 4 radical (unpaired) electrons. The van der Waals surface area contributed by atoms with Gasteiger partial charge >= 0.3 is 0 Å². The minimum Gasteiger partial charge on any atom is -0.724 e. The van der Waals surface area contributed by atoms with Gasteiger partial charge in [-0.3, -0.25) is 9.59 Å². The van der Waals surface area contributed by atoms with E-state index in [4.69, 9.17) is 25.5 Å².